The van der Waals surface area contributed by atoms with Gasteiger partial charge in [-0.25, -0.2) is 9.18 Å². The van der Waals surface area contributed by atoms with E-state index in [1.54, 1.807) is 25.1 Å². The molecule has 5 nitrogen and oxygen atoms in total. The third kappa shape index (κ3) is 3.29. The number of hydrogen-bond acceptors (Lipinski definition) is 3. The second-order valence-electron chi connectivity index (χ2n) is 5.38. The van der Waals surface area contributed by atoms with E-state index in [0.29, 0.717) is 22.5 Å². The number of carboxylic acid groups (broad SMARTS) is 1. The molecule has 1 N–H and O–H groups in total. The Bertz CT molecular complexity index is 936. The largest absolute Gasteiger partial charge is 0.478 e. The lowest BCUT2D eigenvalue weighted by Gasteiger charge is -2.13. The van der Waals surface area contributed by atoms with E-state index in [1.165, 1.54) is 30.3 Å². The maximum absolute atomic E-state index is 13.0. The van der Waals surface area contributed by atoms with Gasteiger partial charge in [-0.15, -0.1) is 0 Å². The molecule has 1 aliphatic heterocycles. The first-order valence-corrected chi connectivity index (χ1v) is 7.65. The second kappa shape index (κ2) is 6.49. The van der Waals surface area contributed by atoms with E-state index < -0.39 is 11.9 Å². The molecule has 0 fully saturated rings. The molecule has 25 heavy (non-hydrogen) atoms. The maximum Gasteiger partial charge on any atom is 0.337 e. The van der Waals surface area contributed by atoms with Crippen molar-refractivity contribution < 1.29 is 19.1 Å². The van der Waals surface area contributed by atoms with Crippen LogP contribution in [0.5, 0.6) is 0 Å². The molecule has 0 atom stereocenters. The number of nitrogens with zero attached hydrogens (tertiary/aromatic N) is 2. The molecule has 0 aliphatic carbocycles. The Morgan fingerprint density at radius 1 is 1.24 bits per heavy atom. The van der Waals surface area contributed by atoms with Crippen molar-refractivity contribution in [2.45, 2.75) is 6.92 Å². The van der Waals surface area contributed by atoms with Crippen LogP contribution in [0.2, 0.25) is 5.02 Å². The Kier molecular flexibility index (Phi) is 4.37. The maximum atomic E-state index is 13.0. The average Bonchev–Trinajstić information content (AvgIpc) is 2.85. The number of carboxylic acids is 1. The van der Waals surface area contributed by atoms with Crippen molar-refractivity contribution >= 4 is 41.0 Å². The first-order valence-electron chi connectivity index (χ1n) is 7.27. The monoisotopic (exact) mass is 358 g/mol. The molecule has 0 saturated heterocycles. The van der Waals surface area contributed by atoms with Gasteiger partial charge in [0.25, 0.3) is 5.91 Å². The summed E-state index contributed by atoms with van der Waals surface area (Å²) in [5.41, 5.74) is 1.66. The van der Waals surface area contributed by atoms with E-state index in [4.69, 9.17) is 16.7 Å². The second-order valence-corrected chi connectivity index (χ2v) is 5.79. The molecule has 1 heterocycles. The molecular formula is C18H12ClFN2O3. The molecule has 0 spiro atoms. The van der Waals surface area contributed by atoms with Crippen molar-refractivity contribution in [3.05, 3.63) is 70.0 Å². The van der Waals surface area contributed by atoms with E-state index in [9.17, 15) is 14.0 Å². The fourth-order valence-corrected chi connectivity index (χ4v) is 2.59. The Morgan fingerprint density at radius 3 is 2.56 bits per heavy atom. The SMILES string of the molecule is CC1=NN(c2ccc(Cl)c(C(=O)O)c2)C(=O)/C1=C/c1ccc(F)cc1. The fourth-order valence-electron chi connectivity index (χ4n) is 2.39. The molecule has 3 rings (SSSR count). The van der Waals surface area contributed by atoms with Crippen LogP contribution in [0.1, 0.15) is 22.8 Å². The van der Waals surface area contributed by atoms with Gasteiger partial charge in [-0.3, -0.25) is 4.79 Å². The van der Waals surface area contributed by atoms with Crippen LogP contribution in [-0.4, -0.2) is 22.7 Å². The number of amides is 1. The lowest BCUT2D eigenvalue weighted by atomic mass is 10.1. The molecule has 0 aromatic heterocycles. The van der Waals surface area contributed by atoms with E-state index in [2.05, 4.69) is 5.10 Å². The zero-order valence-electron chi connectivity index (χ0n) is 13.0. The van der Waals surface area contributed by atoms with Crippen LogP contribution in [0.3, 0.4) is 0 Å². The van der Waals surface area contributed by atoms with Gasteiger partial charge in [0.1, 0.15) is 5.82 Å². The standard InChI is InChI=1S/C18H12ClFN2O3/c1-10-14(8-11-2-4-12(20)5-3-11)17(23)22(21-10)13-6-7-16(19)15(9-13)18(24)25/h2-9H,1H3,(H,24,25)/b14-8+. The van der Waals surface area contributed by atoms with Crippen molar-refractivity contribution in [2.75, 3.05) is 5.01 Å². The van der Waals surface area contributed by atoms with Crippen LogP contribution in [0.4, 0.5) is 10.1 Å². The molecule has 0 bridgehead atoms. The van der Waals surface area contributed by atoms with Gasteiger partial charge in [-0.1, -0.05) is 23.7 Å². The number of carbonyl (C=O) groups is 2. The van der Waals surface area contributed by atoms with Crippen LogP contribution in [0.15, 0.2) is 53.1 Å². The van der Waals surface area contributed by atoms with Gasteiger partial charge < -0.3 is 5.11 Å². The quantitative estimate of drug-likeness (QED) is 0.843. The number of halogens is 2. The predicted octanol–water partition coefficient (Wildman–Crippen LogP) is 3.98. The van der Waals surface area contributed by atoms with Crippen molar-refractivity contribution in [3.8, 4) is 0 Å². The van der Waals surface area contributed by atoms with E-state index in [-0.39, 0.29) is 16.4 Å². The summed E-state index contributed by atoms with van der Waals surface area (Å²) in [6, 6.07) is 9.92. The van der Waals surface area contributed by atoms with Crippen LogP contribution < -0.4 is 5.01 Å². The molecule has 0 saturated carbocycles. The zero-order valence-corrected chi connectivity index (χ0v) is 13.8. The molecule has 7 heteroatoms. The fraction of sp³-hybridized carbons (Fsp3) is 0.0556. The van der Waals surface area contributed by atoms with Gasteiger partial charge >= 0.3 is 5.97 Å². The summed E-state index contributed by atoms with van der Waals surface area (Å²) in [5, 5.41) is 14.5. The minimum atomic E-state index is -1.19. The highest BCUT2D eigenvalue weighted by Crippen LogP contribution is 2.28. The highest BCUT2D eigenvalue weighted by atomic mass is 35.5. The smallest absolute Gasteiger partial charge is 0.337 e. The highest BCUT2D eigenvalue weighted by molar-refractivity contribution is 6.34. The summed E-state index contributed by atoms with van der Waals surface area (Å²) < 4.78 is 13.0. The van der Waals surface area contributed by atoms with Crippen molar-refractivity contribution in [1.29, 1.82) is 0 Å². The Labute approximate surface area is 147 Å². The van der Waals surface area contributed by atoms with Crippen LogP contribution in [-0.2, 0) is 4.79 Å². The molecular weight excluding hydrogens is 347 g/mol. The van der Waals surface area contributed by atoms with Crippen molar-refractivity contribution in [2.24, 2.45) is 5.10 Å². The number of rotatable bonds is 3. The molecule has 2 aromatic rings. The lowest BCUT2D eigenvalue weighted by Crippen LogP contribution is -2.21. The van der Waals surface area contributed by atoms with Crippen molar-refractivity contribution in [3.63, 3.8) is 0 Å². The summed E-state index contributed by atoms with van der Waals surface area (Å²) >= 11 is 5.85. The summed E-state index contributed by atoms with van der Waals surface area (Å²) in [4.78, 5) is 23.8. The number of hydrogen-bond donors (Lipinski definition) is 1. The molecule has 126 valence electrons. The van der Waals surface area contributed by atoms with Gasteiger partial charge in [0.2, 0.25) is 0 Å². The average molecular weight is 359 g/mol. The number of hydrazone groups is 1. The Balaban J connectivity index is 1.96. The highest BCUT2D eigenvalue weighted by Gasteiger charge is 2.29. The number of carbonyl (C=O) groups excluding carboxylic acids is 1. The molecule has 1 amide bonds. The molecule has 1 aliphatic rings. The van der Waals surface area contributed by atoms with Gasteiger partial charge in [0.05, 0.1) is 27.6 Å². The third-order valence-electron chi connectivity index (χ3n) is 3.67. The zero-order chi connectivity index (χ0) is 18.1. The van der Waals surface area contributed by atoms with E-state index >= 15 is 0 Å². The first-order chi connectivity index (χ1) is 11.9. The molecule has 0 radical (unpaired) electrons. The Hall–Kier alpha value is -2.99. The van der Waals surface area contributed by atoms with Gasteiger partial charge in [-0.2, -0.15) is 10.1 Å². The van der Waals surface area contributed by atoms with Crippen molar-refractivity contribution in [1.82, 2.24) is 0 Å². The number of aromatic carboxylic acids is 1. The van der Waals surface area contributed by atoms with E-state index in [1.807, 2.05) is 0 Å². The lowest BCUT2D eigenvalue weighted by molar-refractivity contribution is -0.114. The van der Waals surface area contributed by atoms with Gasteiger partial charge in [0.15, 0.2) is 0 Å². The van der Waals surface area contributed by atoms with Crippen LogP contribution in [0, 0.1) is 5.82 Å². The first kappa shape index (κ1) is 16.9. The molecule has 2 aromatic carbocycles. The number of benzene rings is 2. The van der Waals surface area contributed by atoms with Gasteiger partial charge in [-0.05, 0) is 48.9 Å². The normalized spacial score (nSPS) is 15.6. The minimum Gasteiger partial charge on any atom is -0.478 e. The van der Waals surface area contributed by atoms with Crippen LogP contribution >= 0.6 is 11.6 Å². The summed E-state index contributed by atoms with van der Waals surface area (Å²) in [6.07, 6.45) is 1.61. The molecule has 0 unspecified atom stereocenters. The van der Waals surface area contributed by atoms with E-state index in [0.717, 1.165) is 5.01 Å². The minimum absolute atomic E-state index is 0.0747. The summed E-state index contributed by atoms with van der Waals surface area (Å²) in [6.45, 7) is 1.67. The predicted molar refractivity (Wildman–Crippen MR) is 93.4 cm³/mol. The summed E-state index contributed by atoms with van der Waals surface area (Å²) in [7, 11) is 0. The van der Waals surface area contributed by atoms with Gasteiger partial charge in [0, 0.05) is 0 Å². The Morgan fingerprint density at radius 2 is 1.92 bits per heavy atom. The third-order valence-corrected chi connectivity index (χ3v) is 4.00. The topological polar surface area (TPSA) is 70.0 Å². The summed E-state index contributed by atoms with van der Waals surface area (Å²) in [5.74, 6) is -1.96. The number of anilines is 1. The van der Waals surface area contributed by atoms with Crippen LogP contribution in [0.25, 0.3) is 6.08 Å².